The fraction of sp³-hybridized carbons (Fsp3) is 0.462. The molecule has 0 fully saturated rings. The molecule has 3 heterocycles. The number of aliphatic imine (C=N–C) groups is 1. The second-order valence-electron chi connectivity index (χ2n) is 16.3. The highest BCUT2D eigenvalue weighted by Crippen LogP contribution is 2.39. The summed E-state index contributed by atoms with van der Waals surface area (Å²) in [4.78, 5) is 31.8. The molecule has 0 spiro atoms. The fourth-order valence-electron chi connectivity index (χ4n) is 7.48. The van der Waals surface area contributed by atoms with Crippen molar-refractivity contribution in [2.45, 2.75) is 46.1 Å². The normalized spacial score (nSPS) is 13.0. The van der Waals surface area contributed by atoms with Gasteiger partial charge in [0, 0.05) is 34.1 Å². The number of aromatic nitrogens is 3. The molecule has 17 nitrogen and oxygen atoms in total. The van der Waals surface area contributed by atoms with Crippen LogP contribution in [0.4, 0.5) is 0 Å². The molecule has 2 N–H and O–H groups in total. The summed E-state index contributed by atoms with van der Waals surface area (Å²) in [5.41, 5.74) is 6.05. The quantitative estimate of drug-likeness (QED) is 0.0419. The van der Waals surface area contributed by atoms with E-state index in [2.05, 4.69) is 41.1 Å². The number of benzene rings is 3. The van der Waals surface area contributed by atoms with Crippen molar-refractivity contribution in [2.24, 2.45) is 4.99 Å². The zero-order valence-electron chi connectivity index (χ0n) is 41.3. The molecule has 1 aliphatic heterocycles. The lowest BCUT2D eigenvalue weighted by molar-refractivity contribution is -0.123. The molecule has 0 unspecified atom stereocenters. The van der Waals surface area contributed by atoms with Crippen molar-refractivity contribution in [3.63, 3.8) is 0 Å². The Hall–Kier alpha value is -5.44. The number of carbonyl (C=O) groups is 2. The Morgan fingerprint density at radius 2 is 1.32 bits per heavy atom. The number of methoxy groups -OCH3 is 2. The van der Waals surface area contributed by atoms with E-state index in [0.717, 1.165) is 57.2 Å². The Morgan fingerprint density at radius 3 is 1.94 bits per heavy atom. The highest BCUT2D eigenvalue weighted by Gasteiger charge is 2.32. The Kier molecular flexibility index (Phi) is 23.0. The van der Waals surface area contributed by atoms with E-state index in [1.165, 1.54) is 4.88 Å². The van der Waals surface area contributed by atoms with Gasteiger partial charge in [-0.05, 0) is 93.1 Å². The predicted octanol–water partition coefficient (Wildman–Crippen LogP) is 6.80. The van der Waals surface area contributed by atoms with E-state index in [1.807, 2.05) is 78.2 Å². The smallest absolute Gasteiger partial charge is 0.258 e. The minimum Gasteiger partial charge on any atom is -0.493 e. The molecule has 383 valence electrons. The molecular weight excluding hydrogens is 952 g/mol. The van der Waals surface area contributed by atoms with E-state index in [9.17, 15) is 9.59 Å². The van der Waals surface area contributed by atoms with Crippen LogP contribution in [0, 0.1) is 27.2 Å². The minimum atomic E-state index is -0.542. The van der Waals surface area contributed by atoms with E-state index >= 15 is 0 Å². The first kappa shape index (κ1) is 54.9. The molecule has 2 amide bonds. The number of nitrogens with one attached hydrogen (secondary N) is 2. The molecule has 0 bridgehead atoms. The van der Waals surface area contributed by atoms with Gasteiger partial charge >= 0.3 is 0 Å². The number of thiophene rings is 1. The lowest BCUT2D eigenvalue weighted by Gasteiger charge is -2.13. The lowest BCUT2D eigenvalue weighted by Crippen LogP contribution is -2.31. The van der Waals surface area contributed by atoms with E-state index in [1.54, 1.807) is 25.6 Å². The molecule has 19 heteroatoms. The van der Waals surface area contributed by atoms with Crippen molar-refractivity contribution in [3.8, 4) is 22.2 Å². The highest BCUT2D eigenvalue weighted by molar-refractivity contribution is 7.15. The Labute approximate surface area is 425 Å². The van der Waals surface area contributed by atoms with Crippen LogP contribution < -0.4 is 24.8 Å². The van der Waals surface area contributed by atoms with E-state index in [0.29, 0.717) is 120 Å². The molecule has 1 radical (unpaired) electrons. The number of halogens is 1. The largest absolute Gasteiger partial charge is 0.493 e. The zero-order valence-corrected chi connectivity index (χ0v) is 42.9. The Bertz CT molecular complexity index is 2460. The van der Waals surface area contributed by atoms with Gasteiger partial charge in [0.2, 0.25) is 5.91 Å². The summed E-state index contributed by atoms with van der Waals surface area (Å²) in [6.07, 6.45) is 3.91. The molecule has 3 aromatic carbocycles. The van der Waals surface area contributed by atoms with Gasteiger partial charge in [0.1, 0.15) is 22.6 Å². The molecule has 71 heavy (non-hydrogen) atoms. The second kappa shape index (κ2) is 29.8. The summed E-state index contributed by atoms with van der Waals surface area (Å²) in [7, 11) is 3.25. The first-order chi connectivity index (χ1) is 34.6. The number of ether oxygens (including phenoxy) is 9. The van der Waals surface area contributed by atoms with E-state index in [-0.39, 0.29) is 24.8 Å². The van der Waals surface area contributed by atoms with Crippen LogP contribution in [0.2, 0.25) is 5.02 Å². The van der Waals surface area contributed by atoms with Crippen molar-refractivity contribution in [3.05, 3.63) is 123 Å². The summed E-state index contributed by atoms with van der Waals surface area (Å²) in [5, 5.41) is 16.2. The van der Waals surface area contributed by atoms with Crippen LogP contribution in [-0.2, 0) is 44.4 Å². The summed E-state index contributed by atoms with van der Waals surface area (Å²) >= 11 is 7.89. The van der Waals surface area contributed by atoms with E-state index in [4.69, 9.17) is 59.2 Å². The molecule has 0 saturated carbocycles. The van der Waals surface area contributed by atoms with Gasteiger partial charge in [-0.2, -0.15) is 0 Å². The summed E-state index contributed by atoms with van der Waals surface area (Å²) in [6.45, 7) is 11.7. The number of fused-ring (bicyclic) bond motifs is 3. The number of amides is 2. The van der Waals surface area contributed by atoms with Gasteiger partial charge in [-0.25, -0.2) is 0 Å². The third-order valence-corrected chi connectivity index (χ3v) is 12.7. The van der Waals surface area contributed by atoms with Crippen LogP contribution in [0.3, 0.4) is 0 Å². The number of aryl methyl sites for hydroxylation is 3. The highest BCUT2D eigenvalue weighted by atomic mass is 35.5. The average molecular weight is 1020 g/mol. The van der Waals surface area contributed by atoms with Crippen LogP contribution in [0.1, 0.15) is 63.2 Å². The molecule has 5 aromatic rings. The first-order valence-corrected chi connectivity index (χ1v) is 25.0. The average Bonchev–Trinajstić information content (AvgIpc) is 3.86. The lowest BCUT2D eigenvalue weighted by atomic mass is 9.99. The van der Waals surface area contributed by atoms with E-state index < -0.39 is 6.04 Å². The zero-order chi connectivity index (χ0) is 50.2. The molecule has 6 rings (SSSR count). The molecule has 1 atom stereocenters. The number of nitrogens with zero attached hydrogens (tertiary/aromatic N) is 4. The van der Waals surface area contributed by atoms with Gasteiger partial charge in [-0.3, -0.25) is 19.1 Å². The molecule has 1 aliphatic rings. The second-order valence-corrected chi connectivity index (χ2v) is 17.9. The monoisotopic (exact) mass is 1020 g/mol. The molecule has 2 aromatic heterocycles. The standard InChI is InChI=1S/C52H66ClN6O11S/c1-36-37(2)71-52-49(36)50(41-13-15-42(53)16-14-41)56-44(51-58-57-38(3)59(51)52)34-47(60)54-18-20-64-22-24-66-26-28-68-30-31-69-29-27-67-25-23-65-21-19-55-48(61)35-70-43-11-7-10-39(32-43)8-6-9-40-12-17-45(62-4)46(33-40)63-5/h7-8,10-17,32-33,44H,6,9,18-31,34-35H2,1-5H3,(H,54,60)(H,55,61)/t44-/m0/s1. The number of hydrogen-bond acceptors (Lipinski definition) is 15. The SMILES string of the molecule is COc1ccc(CC[CH]c2cccc(OCC(=O)NCCOCCOCCOCCOCCOCCOCCNC(=O)C[C@@H]3N=C(c4ccc(Cl)cc4)c4c(sc(C)c4C)-n4c(C)nnc43)c2)cc1OC. The van der Waals surface area contributed by atoms with Crippen LogP contribution in [0.15, 0.2) is 71.7 Å². The third-order valence-electron chi connectivity index (χ3n) is 11.2. The maximum atomic E-state index is 13.2. The van der Waals surface area contributed by atoms with Crippen LogP contribution in [-0.4, -0.2) is 145 Å². The van der Waals surface area contributed by atoms with Crippen molar-refractivity contribution in [1.29, 1.82) is 0 Å². The van der Waals surface area contributed by atoms with Crippen molar-refractivity contribution in [2.75, 3.05) is 113 Å². The van der Waals surface area contributed by atoms with Crippen molar-refractivity contribution >= 4 is 40.5 Å². The van der Waals surface area contributed by atoms with Crippen LogP contribution >= 0.6 is 22.9 Å². The number of hydrogen-bond donors (Lipinski definition) is 2. The predicted molar refractivity (Wildman–Crippen MR) is 272 cm³/mol. The van der Waals surface area contributed by atoms with Gasteiger partial charge in [0.05, 0.1) is 106 Å². The maximum Gasteiger partial charge on any atom is 0.258 e. The van der Waals surface area contributed by atoms with Crippen molar-refractivity contribution < 1.29 is 52.2 Å². The van der Waals surface area contributed by atoms with Gasteiger partial charge in [0.15, 0.2) is 23.9 Å². The molecule has 0 aliphatic carbocycles. The topological polar surface area (TPSA) is 184 Å². The van der Waals surface area contributed by atoms with Crippen LogP contribution in [0.25, 0.3) is 5.00 Å². The third kappa shape index (κ3) is 17.4. The minimum absolute atomic E-state index is 0.0866. The summed E-state index contributed by atoms with van der Waals surface area (Å²) in [6, 6.07) is 20.7. The molecular formula is C52H66ClN6O11S. The van der Waals surface area contributed by atoms with Gasteiger partial charge in [0.25, 0.3) is 5.91 Å². The maximum absolute atomic E-state index is 13.2. The fourth-order valence-corrected chi connectivity index (χ4v) is 8.82. The summed E-state index contributed by atoms with van der Waals surface area (Å²) in [5.74, 6) is 3.04. The number of rotatable bonds is 33. The van der Waals surface area contributed by atoms with Crippen LogP contribution in [0.5, 0.6) is 17.2 Å². The van der Waals surface area contributed by atoms with Gasteiger partial charge in [-0.15, -0.1) is 21.5 Å². The first-order valence-electron chi connectivity index (χ1n) is 23.8. The van der Waals surface area contributed by atoms with Gasteiger partial charge < -0.3 is 53.3 Å². The molecule has 0 saturated heterocycles. The van der Waals surface area contributed by atoms with Gasteiger partial charge in [-0.1, -0.05) is 41.9 Å². The van der Waals surface area contributed by atoms with Crippen molar-refractivity contribution in [1.82, 2.24) is 25.4 Å². The Morgan fingerprint density at radius 1 is 0.718 bits per heavy atom. The Balaban J connectivity index is 0.707. The number of carbonyl (C=O) groups excluding carboxylic acids is 2. The summed E-state index contributed by atoms with van der Waals surface area (Å²) < 4.78 is 51.9.